The van der Waals surface area contributed by atoms with Crippen molar-refractivity contribution in [2.45, 2.75) is 45.5 Å². The van der Waals surface area contributed by atoms with Gasteiger partial charge in [-0.3, -0.25) is 0 Å². The summed E-state index contributed by atoms with van der Waals surface area (Å²) in [6, 6.07) is 20.3. The minimum absolute atomic E-state index is 0.138. The summed E-state index contributed by atoms with van der Waals surface area (Å²) in [6.07, 6.45) is -0.174. The zero-order chi connectivity index (χ0) is 19.7. The zero-order valence-electron chi connectivity index (χ0n) is 16.4. The summed E-state index contributed by atoms with van der Waals surface area (Å²) in [4.78, 5) is 0. The molecule has 0 fully saturated rings. The molecule has 148 valence electrons. The Morgan fingerprint density at radius 3 is 1.93 bits per heavy atom. The minimum Gasteiger partial charge on any atom is -0.376 e. The molecule has 0 aliphatic heterocycles. The van der Waals surface area contributed by atoms with Gasteiger partial charge >= 0.3 is 0 Å². The molecule has 3 unspecified atom stereocenters. The summed E-state index contributed by atoms with van der Waals surface area (Å²) in [6.45, 7) is 7.99. The van der Waals surface area contributed by atoms with E-state index in [0.29, 0.717) is 25.7 Å². The van der Waals surface area contributed by atoms with Crippen LogP contribution in [0.5, 0.6) is 0 Å². The van der Waals surface area contributed by atoms with Crippen LogP contribution in [-0.2, 0) is 22.7 Å². The van der Waals surface area contributed by atoms with Crippen LogP contribution in [0.2, 0.25) is 0 Å². The summed E-state index contributed by atoms with van der Waals surface area (Å²) in [5.74, 6) is 0.617. The van der Waals surface area contributed by atoms with Crippen molar-refractivity contribution in [3.05, 3.63) is 71.8 Å². The molecule has 3 atom stereocenters. The first-order valence-corrected chi connectivity index (χ1v) is 10.4. The van der Waals surface area contributed by atoms with Crippen molar-refractivity contribution < 1.29 is 9.47 Å². The van der Waals surface area contributed by atoms with Gasteiger partial charge in [-0.25, -0.2) is 0 Å². The fourth-order valence-corrected chi connectivity index (χ4v) is 3.55. The molecule has 0 aliphatic rings. The van der Waals surface area contributed by atoms with Crippen molar-refractivity contribution >= 4 is 23.2 Å². The van der Waals surface area contributed by atoms with E-state index in [4.69, 9.17) is 32.7 Å². The van der Waals surface area contributed by atoms with Crippen molar-refractivity contribution in [2.75, 3.05) is 12.5 Å². The number of rotatable bonds is 11. The van der Waals surface area contributed by atoms with Gasteiger partial charge in [0.25, 0.3) is 0 Å². The van der Waals surface area contributed by atoms with E-state index in [2.05, 4.69) is 45.0 Å². The van der Waals surface area contributed by atoms with Gasteiger partial charge in [0.05, 0.1) is 31.3 Å². The largest absolute Gasteiger partial charge is 0.376 e. The number of halogens is 2. The van der Waals surface area contributed by atoms with Crippen LogP contribution in [0.1, 0.15) is 31.9 Å². The van der Waals surface area contributed by atoms with Crippen LogP contribution in [0.4, 0.5) is 0 Å². The molecule has 0 aliphatic carbocycles. The third kappa shape index (κ3) is 7.12. The maximum Gasteiger partial charge on any atom is 0.0808 e. The average Bonchev–Trinajstić information content (AvgIpc) is 2.69. The van der Waals surface area contributed by atoms with Crippen LogP contribution >= 0.6 is 23.2 Å². The van der Waals surface area contributed by atoms with Gasteiger partial charge in [0.2, 0.25) is 0 Å². The molecule has 2 nitrogen and oxygen atoms in total. The summed E-state index contributed by atoms with van der Waals surface area (Å²) < 4.78 is 12.1. The highest BCUT2D eigenvalue weighted by Crippen LogP contribution is 2.34. The van der Waals surface area contributed by atoms with Gasteiger partial charge in [-0.2, -0.15) is 0 Å². The van der Waals surface area contributed by atoms with Gasteiger partial charge < -0.3 is 9.47 Å². The monoisotopic (exact) mass is 408 g/mol. The third-order valence-electron chi connectivity index (χ3n) is 4.71. The van der Waals surface area contributed by atoms with Crippen LogP contribution in [0, 0.1) is 11.3 Å². The standard InChI is InChI=1S/C23H30Cl2O2/c1-18(14-26-15-19-10-6-4-7-11-19)21(25)22(23(2,3)17-24)27-16-20-12-8-5-9-13-20/h4-13,18,21-22H,14-17H2,1-3H3. The summed E-state index contributed by atoms with van der Waals surface area (Å²) >= 11 is 13.1. The maximum absolute atomic E-state index is 6.84. The fourth-order valence-electron chi connectivity index (χ4n) is 2.91. The number of hydrogen-bond donors (Lipinski definition) is 0. The molecule has 4 heteroatoms. The normalized spacial score (nSPS) is 15.3. The maximum atomic E-state index is 6.84. The smallest absolute Gasteiger partial charge is 0.0808 e. The molecule has 2 aromatic carbocycles. The third-order valence-corrected chi connectivity index (χ3v) is 6.06. The molecular weight excluding hydrogens is 379 g/mol. The molecule has 2 rings (SSSR count). The van der Waals surface area contributed by atoms with E-state index in [1.807, 2.05) is 36.4 Å². The van der Waals surface area contributed by atoms with Crippen molar-refractivity contribution in [1.82, 2.24) is 0 Å². The predicted octanol–water partition coefficient (Wildman–Crippen LogP) is 6.30. The van der Waals surface area contributed by atoms with Crippen LogP contribution in [0.3, 0.4) is 0 Å². The first-order chi connectivity index (χ1) is 12.9. The lowest BCUT2D eigenvalue weighted by molar-refractivity contribution is -0.0439. The first-order valence-electron chi connectivity index (χ1n) is 9.41. The van der Waals surface area contributed by atoms with Gasteiger partial charge in [-0.15, -0.1) is 23.2 Å². The van der Waals surface area contributed by atoms with Crippen LogP contribution in [0.25, 0.3) is 0 Å². The Morgan fingerprint density at radius 2 is 1.41 bits per heavy atom. The molecule has 0 aromatic heterocycles. The van der Waals surface area contributed by atoms with E-state index < -0.39 is 0 Å². The number of alkyl halides is 2. The molecule has 27 heavy (non-hydrogen) atoms. The molecule has 0 saturated heterocycles. The van der Waals surface area contributed by atoms with E-state index in [-0.39, 0.29) is 22.8 Å². The van der Waals surface area contributed by atoms with Gasteiger partial charge in [0.15, 0.2) is 0 Å². The molecule has 0 saturated carbocycles. The highest BCUT2D eigenvalue weighted by atomic mass is 35.5. The van der Waals surface area contributed by atoms with Crippen molar-refractivity contribution in [2.24, 2.45) is 11.3 Å². The Kier molecular flexibility index (Phi) is 9.11. The highest BCUT2D eigenvalue weighted by Gasteiger charge is 2.38. The van der Waals surface area contributed by atoms with Crippen LogP contribution in [-0.4, -0.2) is 24.0 Å². The Balaban J connectivity index is 1.93. The van der Waals surface area contributed by atoms with Gasteiger partial charge in [0.1, 0.15) is 0 Å². The molecule has 2 aromatic rings. The van der Waals surface area contributed by atoms with Crippen LogP contribution < -0.4 is 0 Å². The molecule has 0 amide bonds. The lowest BCUT2D eigenvalue weighted by atomic mass is 9.83. The first kappa shape index (κ1) is 22.2. The molecule has 0 heterocycles. The second-order valence-corrected chi connectivity index (χ2v) is 8.53. The van der Waals surface area contributed by atoms with Gasteiger partial charge in [-0.05, 0) is 17.0 Å². The van der Waals surface area contributed by atoms with Gasteiger partial charge in [-0.1, -0.05) is 81.4 Å². The van der Waals surface area contributed by atoms with Crippen molar-refractivity contribution in [3.8, 4) is 0 Å². The SMILES string of the molecule is CC(COCc1ccccc1)C(Cl)C(OCc1ccccc1)C(C)(C)CCl. The number of benzene rings is 2. The number of ether oxygens (including phenoxy) is 2. The van der Waals surface area contributed by atoms with E-state index >= 15 is 0 Å². The average molecular weight is 409 g/mol. The zero-order valence-corrected chi connectivity index (χ0v) is 17.9. The topological polar surface area (TPSA) is 18.5 Å². The van der Waals surface area contributed by atoms with Crippen molar-refractivity contribution in [1.29, 1.82) is 0 Å². The van der Waals surface area contributed by atoms with Gasteiger partial charge in [0, 0.05) is 11.3 Å². The van der Waals surface area contributed by atoms with Crippen molar-refractivity contribution in [3.63, 3.8) is 0 Å². The van der Waals surface area contributed by atoms with E-state index in [1.54, 1.807) is 0 Å². The molecule has 0 N–H and O–H groups in total. The minimum atomic E-state index is -0.240. The molecular formula is C23H30Cl2O2. The Hall–Kier alpha value is -1.06. The predicted molar refractivity (Wildman–Crippen MR) is 114 cm³/mol. The molecule has 0 bridgehead atoms. The molecule has 0 radical (unpaired) electrons. The Bertz CT molecular complexity index is 646. The van der Waals surface area contributed by atoms with E-state index in [1.165, 1.54) is 0 Å². The summed E-state index contributed by atoms with van der Waals surface area (Å²) in [5.41, 5.74) is 2.05. The highest BCUT2D eigenvalue weighted by molar-refractivity contribution is 6.21. The summed E-state index contributed by atoms with van der Waals surface area (Å²) in [7, 11) is 0. The summed E-state index contributed by atoms with van der Waals surface area (Å²) in [5, 5.41) is -0.196. The molecule has 0 spiro atoms. The van der Waals surface area contributed by atoms with E-state index in [0.717, 1.165) is 11.1 Å². The lowest BCUT2D eigenvalue weighted by Gasteiger charge is -2.38. The fraction of sp³-hybridized carbons (Fsp3) is 0.478. The Labute approximate surface area is 173 Å². The second kappa shape index (κ2) is 11.1. The van der Waals surface area contributed by atoms with E-state index in [9.17, 15) is 0 Å². The Morgan fingerprint density at radius 1 is 0.889 bits per heavy atom. The second-order valence-electron chi connectivity index (χ2n) is 7.76. The quantitative estimate of drug-likeness (QED) is 0.406. The van der Waals surface area contributed by atoms with Crippen LogP contribution in [0.15, 0.2) is 60.7 Å². The number of hydrogen-bond acceptors (Lipinski definition) is 2. The lowest BCUT2D eigenvalue weighted by Crippen LogP contribution is -2.44.